The Kier molecular flexibility index (Phi) is 3.13. The first-order valence-electron chi connectivity index (χ1n) is 7.07. The van der Waals surface area contributed by atoms with Crippen LogP contribution < -0.4 is 5.73 Å². The third-order valence-corrected chi connectivity index (χ3v) is 4.55. The van der Waals surface area contributed by atoms with Gasteiger partial charge in [-0.3, -0.25) is 0 Å². The Balaban J connectivity index is 2.43. The molecule has 1 aromatic heterocycles. The first kappa shape index (κ1) is 13.7. The van der Waals surface area contributed by atoms with Crippen molar-refractivity contribution in [3.8, 4) is 0 Å². The SMILES string of the molecule is CC(n1ccc2c1CC(C)(C)CC2N)C(C)(C)C. The lowest BCUT2D eigenvalue weighted by Crippen LogP contribution is -2.32. The van der Waals surface area contributed by atoms with Gasteiger partial charge < -0.3 is 10.3 Å². The van der Waals surface area contributed by atoms with Crippen molar-refractivity contribution in [1.29, 1.82) is 0 Å². The summed E-state index contributed by atoms with van der Waals surface area (Å²) in [6, 6.07) is 2.94. The highest BCUT2D eigenvalue weighted by molar-refractivity contribution is 5.30. The summed E-state index contributed by atoms with van der Waals surface area (Å²) in [7, 11) is 0. The van der Waals surface area contributed by atoms with E-state index in [9.17, 15) is 0 Å². The van der Waals surface area contributed by atoms with Gasteiger partial charge in [0.05, 0.1) is 0 Å². The van der Waals surface area contributed by atoms with Crippen LogP contribution in [0.1, 0.15) is 71.3 Å². The van der Waals surface area contributed by atoms with Crippen molar-refractivity contribution in [3.63, 3.8) is 0 Å². The third-order valence-electron chi connectivity index (χ3n) is 4.55. The molecule has 18 heavy (non-hydrogen) atoms. The molecule has 0 radical (unpaired) electrons. The number of hydrogen-bond acceptors (Lipinski definition) is 1. The molecule has 1 aliphatic rings. The second kappa shape index (κ2) is 4.12. The van der Waals surface area contributed by atoms with E-state index in [0.717, 1.165) is 12.8 Å². The molecule has 1 aliphatic carbocycles. The first-order valence-corrected chi connectivity index (χ1v) is 7.07. The highest BCUT2D eigenvalue weighted by Crippen LogP contribution is 2.42. The van der Waals surface area contributed by atoms with Crippen molar-refractivity contribution in [1.82, 2.24) is 4.57 Å². The van der Waals surface area contributed by atoms with E-state index in [1.54, 1.807) is 0 Å². The fraction of sp³-hybridized carbons (Fsp3) is 0.750. The Morgan fingerprint density at radius 2 is 2.00 bits per heavy atom. The van der Waals surface area contributed by atoms with Gasteiger partial charge in [0.15, 0.2) is 0 Å². The van der Waals surface area contributed by atoms with Crippen LogP contribution in [-0.2, 0) is 6.42 Å². The van der Waals surface area contributed by atoms with E-state index in [-0.39, 0.29) is 11.5 Å². The molecule has 0 amide bonds. The van der Waals surface area contributed by atoms with Crippen LogP contribution in [-0.4, -0.2) is 4.57 Å². The van der Waals surface area contributed by atoms with Crippen molar-refractivity contribution < 1.29 is 0 Å². The molecule has 0 aliphatic heterocycles. The average Bonchev–Trinajstić information content (AvgIpc) is 2.56. The standard InChI is InChI=1S/C16H28N2/c1-11(15(2,3)4)18-8-7-12-13(17)9-16(5,6)10-14(12)18/h7-8,11,13H,9-10,17H2,1-6H3. The van der Waals surface area contributed by atoms with Crippen molar-refractivity contribution in [2.75, 3.05) is 0 Å². The van der Waals surface area contributed by atoms with E-state index in [2.05, 4.69) is 58.4 Å². The molecule has 2 rings (SSSR count). The van der Waals surface area contributed by atoms with Gasteiger partial charge in [-0.05, 0) is 42.2 Å². The monoisotopic (exact) mass is 248 g/mol. The molecule has 2 heteroatoms. The van der Waals surface area contributed by atoms with Gasteiger partial charge in [0, 0.05) is 24.0 Å². The molecule has 2 N–H and O–H groups in total. The van der Waals surface area contributed by atoms with E-state index < -0.39 is 0 Å². The second-order valence-electron chi connectivity index (χ2n) is 7.82. The number of fused-ring (bicyclic) bond motifs is 1. The van der Waals surface area contributed by atoms with Crippen LogP contribution in [0.15, 0.2) is 12.3 Å². The molecule has 0 saturated heterocycles. The summed E-state index contributed by atoms with van der Waals surface area (Å²) in [4.78, 5) is 0. The molecule has 0 spiro atoms. The summed E-state index contributed by atoms with van der Waals surface area (Å²) in [5, 5.41) is 0. The summed E-state index contributed by atoms with van der Waals surface area (Å²) in [6.07, 6.45) is 4.47. The third kappa shape index (κ3) is 2.35. The maximum atomic E-state index is 6.33. The topological polar surface area (TPSA) is 30.9 Å². The number of aromatic nitrogens is 1. The number of nitrogens with two attached hydrogens (primary N) is 1. The highest BCUT2D eigenvalue weighted by Gasteiger charge is 2.34. The van der Waals surface area contributed by atoms with Crippen LogP contribution in [0.4, 0.5) is 0 Å². The molecule has 0 saturated carbocycles. The van der Waals surface area contributed by atoms with Gasteiger partial charge in [-0.15, -0.1) is 0 Å². The van der Waals surface area contributed by atoms with Crippen LogP contribution >= 0.6 is 0 Å². The molecule has 0 aromatic carbocycles. The molecule has 0 bridgehead atoms. The van der Waals surface area contributed by atoms with Crippen LogP contribution in [0.5, 0.6) is 0 Å². The van der Waals surface area contributed by atoms with Gasteiger partial charge >= 0.3 is 0 Å². The summed E-state index contributed by atoms with van der Waals surface area (Å²) in [5.41, 5.74) is 9.75. The van der Waals surface area contributed by atoms with Crippen molar-refractivity contribution in [2.45, 2.75) is 66.5 Å². The van der Waals surface area contributed by atoms with E-state index in [1.807, 2.05) is 0 Å². The van der Waals surface area contributed by atoms with Gasteiger partial charge in [-0.25, -0.2) is 0 Å². The minimum atomic E-state index is 0.206. The summed E-state index contributed by atoms with van der Waals surface area (Å²) < 4.78 is 2.45. The minimum Gasteiger partial charge on any atom is -0.348 e. The maximum Gasteiger partial charge on any atom is 0.0353 e. The minimum absolute atomic E-state index is 0.206. The Morgan fingerprint density at radius 3 is 2.56 bits per heavy atom. The lowest BCUT2D eigenvalue weighted by Gasteiger charge is -2.37. The molecule has 1 aromatic rings. The van der Waals surface area contributed by atoms with E-state index in [4.69, 9.17) is 5.73 Å². The molecule has 2 atom stereocenters. The Labute approximate surface area is 112 Å². The highest BCUT2D eigenvalue weighted by atomic mass is 15.0. The maximum absolute atomic E-state index is 6.33. The molecule has 102 valence electrons. The van der Waals surface area contributed by atoms with Gasteiger partial charge in [-0.1, -0.05) is 34.6 Å². The lowest BCUT2D eigenvalue weighted by molar-refractivity contribution is 0.234. The molecular weight excluding hydrogens is 220 g/mol. The lowest BCUT2D eigenvalue weighted by atomic mass is 9.74. The van der Waals surface area contributed by atoms with Crippen LogP contribution in [0, 0.1) is 10.8 Å². The van der Waals surface area contributed by atoms with Gasteiger partial charge in [-0.2, -0.15) is 0 Å². The second-order valence-corrected chi connectivity index (χ2v) is 7.82. The van der Waals surface area contributed by atoms with Gasteiger partial charge in [0.25, 0.3) is 0 Å². The quantitative estimate of drug-likeness (QED) is 0.798. The molecule has 2 unspecified atom stereocenters. The van der Waals surface area contributed by atoms with E-state index >= 15 is 0 Å². The van der Waals surface area contributed by atoms with E-state index in [1.165, 1.54) is 11.3 Å². The van der Waals surface area contributed by atoms with Crippen LogP contribution in [0.3, 0.4) is 0 Å². The normalized spacial score (nSPS) is 24.7. The molecule has 0 fully saturated rings. The van der Waals surface area contributed by atoms with Crippen molar-refractivity contribution in [2.24, 2.45) is 16.6 Å². The number of nitrogens with zero attached hydrogens (tertiary/aromatic N) is 1. The predicted octanol–water partition coefficient (Wildman–Crippen LogP) is 4.07. The molecular formula is C16H28N2. The Morgan fingerprint density at radius 1 is 1.39 bits per heavy atom. The fourth-order valence-corrected chi connectivity index (χ4v) is 3.04. The smallest absolute Gasteiger partial charge is 0.0353 e. The zero-order valence-electron chi connectivity index (χ0n) is 12.7. The zero-order valence-corrected chi connectivity index (χ0v) is 12.7. The average molecular weight is 248 g/mol. The summed E-state index contributed by atoms with van der Waals surface area (Å²) in [6.45, 7) is 13.9. The summed E-state index contributed by atoms with van der Waals surface area (Å²) in [5.74, 6) is 0. The zero-order chi connectivity index (χ0) is 13.7. The Hall–Kier alpha value is -0.760. The first-order chi connectivity index (χ1) is 8.12. The Bertz CT molecular complexity index is 434. The van der Waals surface area contributed by atoms with Crippen LogP contribution in [0.25, 0.3) is 0 Å². The predicted molar refractivity (Wildman–Crippen MR) is 77.6 cm³/mol. The van der Waals surface area contributed by atoms with Crippen molar-refractivity contribution in [3.05, 3.63) is 23.5 Å². The molecule has 2 nitrogen and oxygen atoms in total. The number of rotatable bonds is 1. The van der Waals surface area contributed by atoms with Gasteiger partial charge in [0.2, 0.25) is 0 Å². The number of hydrogen-bond donors (Lipinski definition) is 1. The largest absolute Gasteiger partial charge is 0.348 e. The van der Waals surface area contributed by atoms with Crippen molar-refractivity contribution >= 4 is 0 Å². The van der Waals surface area contributed by atoms with Gasteiger partial charge in [0.1, 0.15) is 0 Å². The summed E-state index contributed by atoms with van der Waals surface area (Å²) >= 11 is 0. The molecule has 1 heterocycles. The fourth-order valence-electron chi connectivity index (χ4n) is 3.04. The van der Waals surface area contributed by atoms with Crippen LogP contribution in [0.2, 0.25) is 0 Å². The van der Waals surface area contributed by atoms with E-state index in [0.29, 0.717) is 11.5 Å².